The molecule has 0 aliphatic carbocycles. The van der Waals surface area contributed by atoms with Crippen LogP contribution < -0.4 is 5.32 Å². The summed E-state index contributed by atoms with van der Waals surface area (Å²) in [5.41, 5.74) is 1.64. The molecule has 7 heteroatoms. The molecule has 142 valence electrons. The van der Waals surface area contributed by atoms with Gasteiger partial charge in [-0.05, 0) is 23.1 Å². The lowest BCUT2D eigenvalue weighted by Crippen LogP contribution is -2.50. The summed E-state index contributed by atoms with van der Waals surface area (Å²) in [4.78, 5) is 37.2. The molecule has 26 heavy (non-hydrogen) atoms. The molecule has 0 radical (unpaired) electrons. The number of hydrogen-bond donors (Lipinski definition) is 2. The van der Waals surface area contributed by atoms with Crippen molar-refractivity contribution in [2.45, 2.75) is 38.6 Å². The van der Waals surface area contributed by atoms with Crippen molar-refractivity contribution in [3.05, 3.63) is 35.4 Å². The van der Waals surface area contributed by atoms with Crippen LogP contribution >= 0.6 is 11.8 Å². The molecule has 2 N–H and O–H groups in total. The Morgan fingerprint density at radius 1 is 1.23 bits per heavy atom. The van der Waals surface area contributed by atoms with Crippen LogP contribution in [0.5, 0.6) is 0 Å². The van der Waals surface area contributed by atoms with E-state index in [0.717, 1.165) is 11.3 Å². The second-order valence-electron chi connectivity index (χ2n) is 7.42. The molecule has 0 bridgehead atoms. The van der Waals surface area contributed by atoms with Gasteiger partial charge in [0.05, 0.1) is 19.0 Å². The molecule has 1 fully saturated rings. The molecule has 1 aromatic carbocycles. The second kappa shape index (κ2) is 8.58. The van der Waals surface area contributed by atoms with E-state index in [4.69, 9.17) is 5.11 Å². The predicted molar refractivity (Wildman–Crippen MR) is 103 cm³/mol. The van der Waals surface area contributed by atoms with Gasteiger partial charge in [-0.1, -0.05) is 32.9 Å². The molecule has 1 atom stereocenters. The largest absolute Gasteiger partial charge is 0.481 e. The summed E-state index contributed by atoms with van der Waals surface area (Å²) in [7, 11) is 0. The number of aliphatic carboxylic acids is 1. The van der Waals surface area contributed by atoms with Crippen molar-refractivity contribution in [1.29, 1.82) is 0 Å². The summed E-state index contributed by atoms with van der Waals surface area (Å²) in [6.45, 7) is 6.69. The number of nitrogens with one attached hydrogen (secondary N) is 1. The van der Waals surface area contributed by atoms with Crippen LogP contribution in [0.15, 0.2) is 24.3 Å². The number of benzene rings is 1. The van der Waals surface area contributed by atoms with Crippen LogP contribution in [0.25, 0.3) is 0 Å². The van der Waals surface area contributed by atoms with Crippen molar-refractivity contribution in [2.75, 3.05) is 24.6 Å². The summed E-state index contributed by atoms with van der Waals surface area (Å²) in [5, 5.41) is 11.6. The minimum absolute atomic E-state index is 0.0103. The Morgan fingerprint density at radius 3 is 2.46 bits per heavy atom. The predicted octanol–water partition coefficient (Wildman–Crippen LogP) is 2.13. The van der Waals surface area contributed by atoms with E-state index >= 15 is 0 Å². The molecule has 0 spiro atoms. The molecule has 2 amide bonds. The zero-order valence-corrected chi connectivity index (χ0v) is 16.3. The van der Waals surface area contributed by atoms with E-state index in [1.54, 1.807) is 28.8 Å². The fourth-order valence-corrected chi connectivity index (χ4v) is 3.90. The van der Waals surface area contributed by atoms with Gasteiger partial charge in [0.15, 0.2) is 0 Å². The molecule has 1 saturated heterocycles. The average Bonchev–Trinajstić information content (AvgIpc) is 2.58. The van der Waals surface area contributed by atoms with Gasteiger partial charge in [0.1, 0.15) is 0 Å². The van der Waals surface area contributed by atoms with E-state index in [-0.39, 0.29) is 36.2 Å². The SMILES string of the molecule is CC(C)(C)c1ccc(C(=O)NCC(=O)N2CCSCC2CC(=O)O)cc1. The number of thioether (sulfide) groups is 1. The number of hydrogen-bond acceptors (Lipinski definition) is 4. The Bertz CT molecular complexity index is 667. The lowest BCUT2D eigenvalue weighted by atomic mass is 9.87. The van der Waals surface area contributed by atoms with E-state index in [0.29, 0.717) is 17.9 Å². The van der Waals surface area contributed by atoms with E-state index in [2.05, 4.69) is 26.1 Å². The first-order valence-corrected chi connectivity index (χ1v) is 9.81. The highest BCUT2D eigenvalue weighted by atomic mass is 32.2. The fraction of sp³-hybridized carbons (Fsp3) is 0.526. The van der Waals surface area contributed by atoms with Crippen LogP contribution in [0.3, 0.4) is 0 Å². The second-order valence-corrected chi connectivity index (χ2v) is 8.57. The summed E-state index contributed by atoms with van der Waals surface area (Å²) in [5.74, 6) is -0.0703. The molecule has 1 aliphatic rings. The summed E-state index contributed by atoms with van der Waals surface area (Å²) < 4.78 is 0. The van der Waals surface area contributed by atoms with Crippen molar-refractivity contribution >= 4 is 29.5 Å². The highest BCUT2D eigenvalue weighted by Crippen LogP contribution is 2.22. The first-order valence-electron chi connectivity index (χ1n) is 8.66. The van der Waals surface area contributed by atoms with Gasteiger partial charge in [0.2, 0.25) is 5.91 Å². The molecule has 1 heterocycles. The van der Waals surface area contributed by atoms with Crippen molar-refractivity contribution in [1.82, 2.24) is 10.2 Å². The Morgan fingerprint density at radius 2 is 1.88 bits per heavy atom. The summed E-state index contributed by atoms with van der Waals surface area (Å²) in [6, 6.07) is 7.03. The van der Waals surface area contributed by atoms with E-state index in [1.807, 2.05) is 12.1 Å². The average molecular weight is 378 g/mol. The molecule has 1 aliphatic heterocycles. The van der Waals surface area contributed by atoms with Gasteiger partial charge in [-0.25, -0.2) is 0 Å². The molecule has 2 rings (SSSR count). The first-order chi connectivity index (χ1) is 12.2. The van der Waals surface area contributed by atoms with E-state index in [1.165, 1.54) is 0 Å². The molecule has 1 unspecified atom stereocenters. The first kappa shape index (κ1) is 20.3. The zero-order chi connectivity index (χ0) is 19.3. The molecule has 6 nitrogen and oxygen atoms in total. The van der Waals surface area contributed by atoms with Crippen LogP contribution in [0, 0.1) is 0 Å². The minimum atomic E-state index is -0.918. The third-order valence-corrected chi connectivity index (χ3v) is 5.46. The Kier molecular flexibility index (Phi) is 6.69. The summed E-state index contributed by atoms with van der Waals surface area (Å²) >= 11 is 1.65. The molecule has 1 aromatic rings. The number of amides is 2. The Labute approximate surface area is 158 Å². The maximum absolute atomic E-state index is 12.4. The number of carboxylic acid groups (broad SMARTS) is 1. The smallest absolute Gasteiger partial charge is 0.305 e. The van der Waals surface area contributed by atoms with Gasteiger partial charge in [0, 0.05) is 23.6 Å². The topological polar surface area (TPSA) is 86.7 Å². The summed E-state index contributed by atoms with van der Waals surface area (Å²) in [6.07, 6.45) is -0.0685. The number of carbonyl (C=O) groups excluding carboxylic acids is 2. The fourth-order valence-electron chi connectivity index (χ4n) is 2.83. The van der Waals surface area contributed by atoms with Gasteiger partial charge in [0.25, 0.3) is 5.91 Å². The monoisotopic (exact) mass is 378 g/mol. The lowest BCUT2D eigenvalue weighted by Gasteiger charge is -2.34. The quantitative estimate of drug-likeness (QED) is 0.820. The maximum Gasteiger partial charge on any atom is 0.305 e. The van der Waals surface area contributed by atoms with Gasteiger partial charge < -0.3 is 15.3 Å². The molecule has 0 saturated carbocycles. The number of carbonyl (C=O) groups is 3. The zero-order valence-electron chi connectivity index (χ0n) is 15.4. The standard InChI is InChI=1S/C19H26N2O4S/c1-19(2,3)14-6-4-13(5-7-14)18(25)20-11-16(22)21-8-9-26-12-15(21)10-17(23)24/h4-7,15H,8-12H2,1-3H3,(H,20,25)(H,23,24). The molecule has 0 aromatic heterocycles. The normalized spacial score (nSPS) is 17.7. The van der Waals surface area contributed by atoms with Crippen LogP contribution in [-0.2, 0) is 15.0 Å². The lowest BCUT2D eigenvalue weighted by molar-refractivity contribution is -0.140. The van der Waals surface area contributed by atoms with Gasteiger partial charge in [-0.2, -0.15) is 11.8 Å². The highest BCUT2D eigenvalue weighted by molar-refractivity contribution is 7.99. The maximum atomic E-state index is 12.4. The number of rotatable bonds is 5. The van der Waals surface area contributed by atoms with E-state index in [9.17, 15) is 14.4 Å². The molecular formula is C19H26N2O4S. The van der Waals surface area contributed by atoms with Crippen molar-refractivity contribution < 1.29 is 19.5 Å². The third-order valence-electron chi connectivity index (χ3n) is 4.37. The molecular weight excluding hydrogens is 352 g/mol. The van der Waals surface area contributed by atoms with Gasteiger partial charge in [-0.15, -0.1) is 0 Å². The van der Waals surface area contributed by atoms with Crippen molar-refractivity contribution in [2.24, 2.45) is 0 Å². The Balaban J connectivity index is 1.93. The van der Waals surface area contributed by atoms with Crippen molar-refractivity contribution in [3.63, 3.8) is 0 Å². The van der Waals surface area contributed by atoms with Gasteiger partial charge in [-0.3, -0.25) is 14.4 Å². The van der Waals surface area contributed by atoms with E-state index < -0.39 is 5.97 Å². The minimum Gasteiger partial charge on any atom is -0.481 e. The van der Waals surface area contributed by atoms with Crippen LogP contribution in [0.2, 0.25) is 0 Å². The highest BCUT2D eigenvalue weighted by Gasteiger charge is 2.28. The third kappa shape index (κ3) is 5.49. The van der Waals surface area contributed by atoms with Crippen LogP contribution in [0.1, 0.15) is 43.1 Å². The van der Waals surface area contributed by atoms with Crippen LogP contribution in [0.4, 0.5) is 0 Å². The van der Waals surface area contributed by atoms with Crippen molar-refractivity contribution in [3.8, 4) is 0 Å². The Hall–Kier alpha value is -2.02. The number of nitrogens with zero attached hydrogens (tertiary/aromatic N) is 1. The van der Waals surface area contributed by atoms with Gasteiger partial charge >= 0.3 is 5.97 Å². The van der Waals surface area contributed by atoms with Crippen LogP contribution in [-0.4, -0.2) is 58.4 Å². The number of carboxylic acids is 1.